The van der Waals surface area contributed by atoms with Gasteiger partial charge in [0.2, 0.25) is 0 Å². The summed E-state index contributed by atoms with van der Waals surface area (Å²) in [6.07, 6.45) is 4.18. The van der Waals surface area contributed by atoms with Crippen LogP contribution in [0.2, 0.25) is 0 Å². The van der Waals surface area contributed by atoms with Crippen LogP contribution in [0.15, 0.2) is 28.8 Å². The van der Waals surface area contributed by atoms with E-state index in [1.54, 1.807) is 28.9 Å². The van der Waals surface area contributed by atoms with E-state index >= 15 is 0 Å². The minimum atomic E-state index is -0.666. The minimum Gasteiger partial charge on any atom is -0.464 e. The lowest BCUT2D eigenvalue weighted by Crippen LogP contribution is -2.45. The Bertz CT molecular complexity index is 764. The van der Waals surface area contributed by atoms with Gasteiger partial charge in [-0.25, -0.2) is 0 Å². The van der Waals surface area contributed by atoms with E-state index in [1.165, 1.54) is 0 Å². The highest BCUT2D eigenvalue weighted by atomic mass is 16.3. The number of amides is 2. The normalized spacial score (nSPS) is 20.5. The zero-order valence-corrected chi connectivity index (χ0v) is 14.9. The molecule has 1 aliphatic heterocycles. The number of anilines is 1. The maximum absolute atomic E-state index is 12.7. The van der Waals surface area contributed by atoms with Gasteiger partial charge in [-0.15, -0.1) is 0 Å². The second-order valence-electron chi connectivity index (χ2n) is 6.63. The molecular weight excluding hydrogens is 320 g/mol. The summed E-state index contributed by atoms with van der Waals surface area (Å²) in [5, 5.41) is 6.64. The van der Waals surface area contributed by atoms with Crippen molar-refractivity contribution in [3.8, 4) is 0 Å². The molecule has 2 amide bonds. The van der Waals surface area contributed by atoms with Crippen LogP contribution < -0.4 is 5.32 Å². The van der Waals surface area contributed by atoms with Crippen LogP contribution in [0.25, 0.3) is 0 Å². The van der Waals surface area contributed by atoms with Crippen molar-refractivity contribution in [2.24, 2.45) is 13.0 Å². The Balaban J connectivity index is 1.76. The van der Waals surface area contributed by atoms with Crippen molar-refractivity contribution in [3.63, 3.8) is 0 Å². The first-order valence-electron chi connectivity index (χ1n) is 8.68. The summed E-state index contributed by atoms with van der Waals surface area (Å²) in [5.41, 5.74) is 0. The largest absolute Gasteiger partial charge is 0.464 e. The van der Waals surface area contributed by atoms with Gasteiger partial charge in [0, 0.05) is 32.3 Å². The van der Waals surface area contributed by atoms with Crippen molar-refractivity contribution in [2.75, 3.05) is 11.9 Å². The summed E-state index contributed by atoms with van der Waals surface area (Å²) >= 11 is 0. The van der Waals surface area contributed by atoms with Gasteiger partial charge in [-0.1, -0.05) is 13.8 Å². The maximum atomic E-state index is 12.7. The van der Waals surface area contributed by atoms with Crippen LogP contribution in [-0.2, 0) is 23.1 Å². The highest BCUT2D eigenvalue weighted by molar-refractivity contribution is 6.39. The molecule has 7 nitrogen and oxygen atoms in total. The van der Waals surface area contributed by atoms with Gasteiger partial charge in [0.25, 0.3) is 0 Å². The summed E-state index contributed by atoms with van der Waals surface area (Å²) in [7, 11) is 1.75. The van der Waals surface area contributed by atoms with Crippen molar-refractivity contribution in [3.05, 3.63) is 35.9 Å². The van der Waals surface area contributed by atoms with Gasteiger partial charge in [-0.05, 0) is 30.9 Å². The Morgan fingerprint density at radius 1 is 1.36 bits per heavy atom. The molecule has 1 fully saturated rings. The van der Waals surface area contributed by atoms with Crippen LogP contribution in [0.1, 0.15) is 44.3 Å². The second kappa shape index (κ2) is 7.13. The first kappa shape index (κ1) is 17.3. The molecule has 7 heteroatoms. The first-order chi connectivity index (χ1) is 12.0. The van der Waals surface area contributed by atoms with E-state index in [4.69, 9.17) is 4.42 Å². The van der Waals surface area contributed by atoms with Crippen LogP contribution in [0.5, 0.6) is 0 Å². The zero-order valence-electron chi connectivity index (χ0n) is 14.9. The van der Waals surface area contributed by atoms with Crippen molar-refractivity contribution in [1.82, 2.24) is 14.7 Å². The number of nitrogens with zero attached hydrogens (tertiary/aromatic N) is 3. The van der Waals surface area contributed by atoms with E-state index in [2.05, 4.69) is 17.3 Å². The summed E-state index contributed by atoms with van der Waals surface area (Å²) in [4.78, 5) is 26.7. The third-order valence-corrected chi connectivity index (χ3v) is 4.63. The van der Waals surface area contributed by atoms with Crippen LogP contribution in [-0.4, -0.2) is 33.0 Å². The monoisotopic (exact) mass is 344 g/mol. The molecule has 2 aromatic heterocycles. The Hall–Kier alpha value is -2.57. The van der Waals surface area contributed by atoms with Crippen LogP contribution in [0.3, 0.4) is 0 Å². The number of rotatable bonds is 3. The molecule has 2 atom stereocenters. The van der Waals surface area contributed by atoms with Crippen LogP contribution >= 0.6 is 0 Å². The molecule has 0 saturated carbocycles. The fourth-order valence-corrected chi connectivity index (χ4v) is 3.20. The Kier molecular flexibility index (Phi) is 4.92. The molecule has 1 aliphatic rings. The van der Waals surface area contributed by atoms with E-state index in [1.807, 2.05) is 19.1 Å². The Morgan fingerprint density at radius 2 is 2.16 bits per heavy atom. The summed E-state index contributed by atoms with van der Waals surface area (Å²) < 4.78 is 7.43. The Morgan fingerprint density at radius 3 is 2.80 bits per heavy atom. The van der Waals surface area contributed by atoms with E-state index in [-0.39, 0.29) is 6.04 Å². The van der Waals surface area contributed by atoms with E-state index < -0.39 is 11.8 Å². The zero-order chi connectivity index (χ0) is 18.0. The third kappa shape index (κ3) is 3.75. The highest BCUT2D eigenvalue weighted by Crippen LogP contribution is 2.35. The number of carbonyl (C=O) groups is 2. The van der Waals surface area contributed by atoms with Crippen molar-refractivity contribution in [1.29, 1.82) is 0 Å². The molecule has 1 N–H and O–H groups in total. The fraction of sp³-hybridized carbons (Fsp3) is 0.500. The van der Waals surface area contributed by atoms with Gasteiger partial charge in [0.1, 0.15) is 11.5 Å². The van der Waals surface area contributed by atoms with E-state index in [0.29, 0.717) is 18.3 Å². The van der Waals surface area contributed by atoms with Gasteiger partial charge in [-0.3, -0.25) is 14.3 Å². The molecule has 1 saturated heterocycles. The first-order valence-corrected chi connectivity index (χ1v) is 8.68. The van der Waals surface area contributed by atoms with Gasteiger partial charge in [0.15, 0.2) is 5.82 Å². The molecule has 0 aliphatic carbocycles. The highest BCUT2D eigenvalue weighted by Gasteiger charge is 2.35. The molecule has 25 heavy (non-hydrogen) atoms. The van der Waals surface area contributed by atoms with Crippen LogP contribution in [0, 0.1) is 5.92 Å². The number of furan rings is 1. The molecule has 3 rings (SSSR count). The quantitative estimate of drug-likeness (QED) is 0.868. The standard InChI is InChI=1S/C18H24N4O3/c1-4-13-5-6-15(25-13)14-11-12(2)7-10-22(14)18(24)17(23)19-16-8-9-21(3)20-16/h5-6,8-9,12,14H,4,7,10-11H2,1-3H3,(H,19,20,23)/t12-,14-/m0/s1. The van der Waals surface area contributed by atoms with Crippen molar-refractivity contribution < 1.29 is 14.0 Å². The lowest BCUT2D eigenvalue weighted by molar-refractivity contribution is -0.146. The van der Waals surface area contributed by atoms with Crippen molar-refractivity contribution >= 4 is 17.6 Å². The lowest BCUT2D eigenvalue weighted by atomic mass is 9.91. The molecule has 0 aromatic carbocycles. The van der Waals surface area contributed by atoms with Crippen LogP contribution in [0.4, 0.5) is 5.82 Å². The molecule has 134 valence electrons. The van der Waals surface area contributed by atoms with Gasteiger partial charge >= 0.3 is 11.8 Å². The number of hydrogen-bond donors (Lipinski definition) is 1. The SMILES string of the molecule is CCc1ccc([C@@H]2C[C@@H](C)CCN2C(=O)C(=O)Nc2ccn(C)n2)o1. The smallest absolute Gasteiger partial charge is 0.315 e. The number of likely N-dealkylation sites (tertiary alicyclic amines) is 1. The maximum Gasteiger partial charge on any atom is 0.315 e. The fourth-order valence-electron chi connectivity index (χ4n) is 3.20. The molecule has 2 aromatic rings. The van der Waals surface area contributed by atoms with E-state index in [0.717, 1.165) is 30.8 Å². The predicted molar refractivity (Wildman–Crippen MR) is 92.8 cm³/mol. The molecule has 0 spiro atoms. The number of piperidine rings is 1. The topological polar surface area (TPSA) is 80.4 Å². The Labute approximate surface area is 147 Å². The van der Waals surface area contributed by atoms with Gasteiger partial charge in [-0.2, -0.15) is 5.10 Å². The molecular formula is C18H24N4O3. The average Bonchev–Trinajstić information content (AvgIpc) is 3.23. The predicted octanol–water partition coefficient (Wildman–Crippen LogP) is 2.51. The van der Waals surface area contributed by atoms with E-state index in [9.17, 15) is 9.59 Å². The number of nitrogens with one attached hydrogen (secondary N) is 1. The minimum absolute atomic E-state index is 0.203. The summed E-state index contributed by atoms with van der Waals surface area (Å²) in [5.74, 6) is 1.27. The average molecular weight is 344 g/mol. The number of aryl methyl sites for hydroxylation is 2. The van der Waals surface area contributed by atoms with Gasteiger partial charge < -0.3 is 14.6 Å². The third-order valence-electron chi connectivity index (χ3n) is 4.63. The molecule has 0 bridgehead atoms. The summed E-state index contributed by atoms with van der Waals surface area (Å²) in [6.45, 7) is 4.73. The molecule has 3 heterocycles. The van der Waals surface area contributed by atoms with Gasteiger partial charge in [0.05, 0.1) is 6.04 Å². The number of carbonyl (C=O) groups excluding carboxylic acids is 2. The summed E-state index contributed by atoms with van der Waals surface area (Å²) in [6, 6.07) is 5.30. The molecule has 0 radical (unpaired) electrons. The molecule has 0 unspecified atom stereocenters. The number of hydrogen-bond acceptors (Lipinski definition) is 4. The second-order valence-corrected chi connectivity index (χ2v) is 6.63. The van der Waals surface area contributed by atoms with Crippen molar-refractivity contribution in [2.45, 2.75) is 39.2 Å². The number of aromatic nitrogens is 2. The lowest BCUT2D eigenvalue weighted by Gasteiger charge is -2.36.